The molecule has 0 atom stereocenters. The molecule has 0 saturated heterocycles. The van der Waals surface area contributed by atoms with E-state index in [0.717, 1.165) is 11.1 Å². The molecule has 2 aromatic rings. The van der Waals surface area contributed by atoms with Crippen molar-refractivity contribution in [3.8, 4) is 0 Å². The van der Waals surface area contributed by atoms with Crippen molar-refractivity contribution in [2.24, 2.45) is 0 Å². The van der Waals surface area contributed by atoms with Crippen LogP contribution in [0.3, 0.4) is 0 Å². The van der Waals surface area contributed by atoms with Crippen LogP contribution in [0, 0.1) is 6.92 Å². The summed E-state index contributed by atoms with van der Waals surface area (Å²) in [6.45, 7) is 6.33. The maximum absolute atomic E-state index is 11.4. The van der Waals surface area contributed by atoms with E-state index >= 15 is 0 Å². The van der Waals surface area contributed by atoms with Gasteiger partial charge in [0.25, 0.3) is 0 Å². The van der Waals surface area contributed by atoms with Gasteiger partial charge >= 0.3 is 11.9 Å². The number of halogens is 1. The van der Waals surface area contributed by atoms with Crippen molar-refractivity contribution in [3.05, 3.63) is 70.8 Å². The zero-order chi connectivity index (χ0) is 18.7. The van der Waals surface area contributed by atoms with E-state index in [4.69, 9.17) is 9.47 Å². The van der Waals surface area contributed by atoms with E-state index in [2.05, 4.69) is 15.9 Å². The van der Waals surface area contributed by atoms with E-state index in [0.29, 0.717) is 29.7 Å². The number of benzene rings is 2. The molecular formula is C20H23BrO4. The highest BCUT2D eigenvalue weighted by Crippen LogP contribution is 2.13. The Labute approximate surface area is 157 Å². The van der Waals surface area contributed by atoms with Crippen LogP contribution in [0.4, 0.5) is 0 Å². The first kappa shape index (κ1) is 20.9. The van der Waals surface area contributed by atoms with Crippen molar-refractivity contribution in [1.82, 2.24) is 0 Å². The van der Waals surface area contributed by atoms with Crippen LogP contribution in [0.1, 0.15) is 45.7 Å². The lowest BCUT2D eigenvalue weighted by Gasteiger charge is -2.05. The topological polar surface area (TPSA) is 52.6 Å². The van der Waals surface area contributed by atoms with Gasteiger partial charge in [-0.05, 0) is 44.0 Å². The number of aryl methyl sites for hydroxylation is 1. The minimum Gasteiger partial charge on any atom is -0.462 e. The fourth-order valence-corrected chi connectivity index (χ4v) is 2.54. The smallest absolute Gasteiger partial charge is 0.338 e. The zero-order valence-electron chi connectivity index (χ0n) is 14.8. The molecule has 4 nitrogen and oxygen atoms in total. The van der Waals surface area contributed by atoms with Gasteiger partial charge in [0.1, 0.15) is 0 Å². The minimum absolute atomic E-state index is 0.240. The van der Waals surface area contributed by atoms with E-state index in [9.17, 15) is 9.59 Å². The Balaban J connectivity index is 0.000000251. The standard InChI is InChI=1S/C10H11BrO2.C10H12O2/c1-2-13-10(12)9-6-4-3-5-8(9)7-11;1-3-12-10(11)9-7-5-4-6-8(9)2/h3-6H,2,7H2,1H3;4-7H,3H2,1-2H3. The second-order valence-electron chi connectivity index (χ2n) is 5.05. The zero-order valence-corrected chi connectivity index (χ0v) is 16.3. The molecule has 2 rings (SSSR count). The lowest BCUT2D eigenvalue weighted by Crippen LogP contribution is -2.06. The van der Waals surface area contributed by atoms with E-state index in [1.54, 1.807) is 26.0 Å². The first-order chi connectivity index (χ1) is 12.0. The van der Waals surface area contributed by atoms with Crippen molar-refractivity contribution in [1.29, 1.82) is 0 Å². The van der Waals surface area contributed by atoms with Crippen LogP contribution in [0.5, 0.6) is 0 Å². The normalized spacial score (nSPS) is 9.60. The van der Waals surface area contributed by atoms with E-state index in [1.165, 1.54) is 0 Å². The summed E-state index contributed by atoms with van der Waals surface area (Å²) in [6.07, 6.45) is 0. The largest absolute Gasteiger partial charge is 0.462 e. The van der Waals surface area contributed by atoms with E-state index < -0.39 is 0 Å². The third-order valence-corrected chi connectivity index (χ3v) is 3.90. The summed E-state index contributed by atoms with van der Waals surface area (Å²) in [6, 6.07) is 14.8. The highest BCUT2D eigenvalue weighted by Gasteiger charge is 2.10. The highest BCUT2D eigenvalue weighted by molar-refractivity contribution is 9.08. The maximum atomic E-state index is 11.4. The molecular weight excluding hydrogens is 384 g/mol. The predicted octanol–water partition coefficient (Wildman–Crippen LogP) is 4.93. The molecule has 0 bridgehead atoms. The Morgan fingerprint density at radius 3 is 1.84 bits per heavy atom. The molecule has 0 N–H and O–H groups in total. The number of alkyl halides is 1. The monoisotopic (exact) mass is 406 g/mol. The Kier molecular flexibility index (Phi) is 9.55. The molecule has 0 aliphatic carbocycles. The minimum atomic E-state index is -0.252. The number of carbonyl (C=O) groups excluding carboxylic acids is 2. The number of hydrogen-bond acceptors (Lipinski definition) is 4. The molecule has 5 heteroatoms. The highest BCUT2D eigenvalue weighted by atomic mass is 79.9. The van der Waals surface area contributed by atoms with Gasteiger partial charge in [0.15, 0.2) is 0 Å². The number of rotatable bonds is 5. The fraction of sp³-hybridized carbons (Fsp3) is 0.300. The molecule has 0 heterocycles. The molecule has 0 aliphatic rings. The second kappa shape index (κ2) is 11.4. The first-order valence-corrected chi connectivity index (χ1v) is 9.21. The quantitative estimate of drug-likeness (QED) is 0.521. The Hall–Kier alpha value is -2.14. The molecule has 0 aromatic heterocycles. The maximum Gasteiger partial charge on any atom is 0.338 e. The van der Waals surface area contributed by atoms with Gasteiger partial charge in [-0.25, -0.2) is 9.59 Å². The van der Waals surface area contributed by atoms with Crippen LogP contribution in [-0.4, -0.2) is 25.2 Å². The molecule has 0 radical (unpaired) electrons. The Morgan fingerprint density at radius 2 is 1.32 bits per heavy atom. The van der Waals surface area contributed by atoms with Crippen molar-refractivity contribution in [3.63, 3.8) is 0 Å². The van der Waals surface area contributed by atoms with Crippen molar-refractivity contribution >= 4 is 27.9 Å². The van der Waals surface area contributed by atoms with Crippen molar-refractivity contribution in [2.75, 3.05) is 13.2 Å². The summed E-state index contributed by atoms with van der Waals surface area (Å²) >= 11 is 3.32. The summed E-state index contributed by atoms with van der Waals surface area (Å²) in [7, 11) is 0. The van der Waals surface area contributed by atoms with Gasteiger partial charge in [0.2, 0.25) is 0 Å². The Bertz CT molecular complexity index is 698. The molecule has 0 unspecified atom stereocenters. The van der Waals surface area contributed by atoms with E-state index in [-0.39, 0.29) is 11.9 Å². The number of esters is 2. The Morgan fingerprint density at radius 1 is 0.840 bits per heavy atom. The third-order valence-electron chi connectivity index (χ3n) is 3.30. The first-order valence-electron chi connectivity index (χ1n) is 8.08. The van der Waals surface area contributed by atoms with Crippen LogP contribution in [0.2, 0.25) is 0 Å². The SMILES string of the molecule is CCOC(=O)c1ccccc1C.CCOC(=O)c1ccccc1CBr. The van der Waals surface area contributed by atoms with Gasteiger partial charge in [-0.2, -0.15) is 0 Å². The van der Waals surface area contributed by atoms with Gasteiger partial charge in [0.05, 0.1) is 24.3 Å². The van der Waals surface area contributed by atoms with Gasteiger partial charge in [-0.15, -0.1) is 0 Å². The molecule has 0 saturated carbocycles. The molecule has 25 heavy (non-hydrogen) atoms. The molecule has 134 valence electrons. The lowest BCUT2D eigenvalue weighted by atomic mass is 10.1. The molecule has 0 aliphatic heterocycles. The van der Waals surface area contributed by atoms with Gasteiger partial charge in [-0.1, -0.05) is 52.3 Å². The number of ether oxygens (including phenoxy) is 2. The van der Waals surface area contributed by atoms with Gasteiger partial charge in [0, 0.05) is 5.33 Å². The summed E-state index contributed by atoms with van der Waals surface area (Å²) < 4.78 is 9.78. The summed E-state index contributed by atoms with van der Waals surface area (Å²) in [4.78, 5) is 22.6. The summed E-state index contributed by atoms with van der Waals surface area (Å²) in [5, 5.41) is 0.669. The van der Waals surface area contributed by atoms with Crippen LogP contribution in [-0.2, 0) is 14.8 Å². The number of hydrogen-bond donors (Lipinski definition) is 0. The van der Waals surface area contributed by atoms with Gasteiger partial charge in [-0.3, -0.25) is 0 Å². The summed E-state index contributed by atoms with van der Waals surface area (Å²) in [5.74, 6) is -0.492. The van der Waals surface area contributed by atoms with E-state index in [1.807, 2.05) is 43.3 Å². The second-order valence-corrected chi connectivity index (χ2v) is 5.61. The van der Waals surface area contributed by atoms with Crippen LogP contribution < -0.4 is 0 Å². The lowest BCUT2D eigenvalue weighted by molar-refractivity contribution is 0.0515. The predicted molar refractivity (Wildman–Crippen MR) is 102 cm³/mol. The number of carbonyl (C=O) groups is 2. The van der Waals surface area contributed by atoms with Crippen LogP contribution in [0.15, 0.2) is 48.5 Å². The van der Waals surface area contributed by atoms with Crippen molar-refractivity contribution < 1.29 is 19.1 Å². The molecule has 0 fully saturated rings. The molecule has 2 aromatic carbocycles. The van der Waals surface area contributed by atoms with Gasteiger partial charge < -0.3 is 9.47 Å². The summed E-state index contributed by atoms with van der Waals surface area (Å²) in [5.41, 5.74) is 3.21. The van der Waals surface area contributed by atoms with Crippen LogP contribution >= 0.6 is 15.9 Å². The average Bonchev–Trinajstić information content (AvgIpc) is 2.63. The average molecular weight is 407 g/mol. The molecule has 0 amide bonds. The third kappa shape index (κ3) is 6.70. The fourth-order valence-electron chi connectivity index (χ4n) is 2.06. The molecule has 0 spiro atoms. The van der Waals surface area contributed by atoms with Crippen LogP contribution in [0.25, 0.3) is 0 Å². The van der Waals surface area contributed by atoms with Crippen molar-refractivity contribution in [2.45, 2.75) is 26.1 Å².